The van der Waals surface area contributed by atoms with E-state index in [1.165, 1.54) is 0 Å². The highest BCUT2D eigenvalue weighted by Gasteiger charge is 2.31. The van der Waals surface area contributed by atoms with E-state index in [4.69, 9.17) is 16.3 Å². The van der Waals surface area contributed by atoms with E-state index in [0.29, 0.717) is 29.5 Å². The minimum absolute atomic E-state index is 0.102. The van der Waals surface area contributed by atoms with Crippen LogP contribution in [0.1, 0.15) is 13.3 Å². The van der Waals surface area contributed by atoms with Crippen molar-refractivity contribution in [1.29, 1.82) is 0 Å². The van der Waals surface area contributed by atoms with Crippen molar-refractivity contribution >= 4 is 34.8 Å². The number of carbonyl (C=O) groups is 2. The summed E-state index contributed by atoms with van der Waals surface area (Å²) in [5.41, 5.74) is 1.42. The Bertz CT molecular complexity index is 828. The van der Waals surface area contributed by atoms with Gasteiger partial charge in [0.1, 0.15) is 5.75 Å². The zero-order chi connectivity index (χ0) is 19.2. The van der Waals surface area contributed by atoms with Crippen LogP contribution in [0.5, 0.6) is 5.75 Å². The van der Waals surface area contributed by atoms with Crippen molar-refractivity contribution in [2.45, 2.75) is 19.4 Å². The van der Waals surface area contributed by atoms with E-state index in [0.717, 1.165) is 12.1 Å². The Morgan fingerprint density at radius 1 is 1.22 bits per heavy atom. The maximum Gasteiger partial charge on any atom is 0.262 e. The maximum absolute atomic E-state index is 12.5. The average molecular weight is 388 g/mol. The first-order valence-corrected chi connectivity index (χ1v) is 9.28. The van der Waals surface area contributed by atoms with Gasteiger partial charge in [-0.3, -0.25) is 9.59 Å². The monoisotopic (exact) mass is 387 g/mol. The molecule has 1 atom stereocenters. The van der Waals surface area contributed by atoms with Crippen LogP contribution < -0.4 is 20.3 Å². The summed E-state index contributed by atoms with van der Waals surface area (Å²) in [7, 11) is 0. The van der Waals surface area contributed by atoms with Gasteiger partial charge < -0.3 is 20.3 Å². The maximum atomic E-state index is 12.5. The fourth-order valence-electron chi connectivity index (χ4n) is 2.90. The Labute approximate surface area is 163 Å². The largest absolute Gasteiger partial charge is 0.477 e. The van der Waals surface area contributed by atoms with Crippen molar-refractivity contribution in [2.24, 2.45) is 0 Å². The molecular formula is C20H22ClN3O3. The number of carbonyl (C=O) groups excluding carboxylic acids is 2. The summed E-state index contributed by atoms with van der Waals surface area (Å²) in [6, 6.07) is 14.4. The lowest BCUT2D eigenvalue weighted by Crippen LogP contribution is -2.50. The molecule has 1 heterocycles. The lowest BCUT2D eigenvalue weighted by atomic mass is 10.1. The van der Waals surface area contributed by atoms with Gasteiger partial charge in [0.25, 0.3) is 5.91 Å². The molecule has 2 amide bonds. The smallest absolute Gasteiger partial charge is 0.262 e. The van der Waals surface area contributed by atoms with Gasteiger partial charge in [-0.15, -0.1) is 0 Å². The van der Waals surface area contributed by atoms with E-state index in [-0.39, 0.29) is 18.4 Å². The predicted octanol–water partition coefficient (Wildman–Crippen LogP) is 3.07. The van der Waals surface area contributed by atoms with Crippen LogP contribution in [0.2, 0.25) is 5.02 Å². The van der Waals surface area contributed by atoms with Gasteiger partial charge in [-0.05, 0) is 36.8 Å². The SMILES string of the molecule is CCCNC(=O)C1CN(CC(=O)Nc2cccc(Cl)c2)c2ccccc2O1. The zero-order valence-corrected chi connectivity index (χ0v) is 15.8. The van der Waals surface area contributed by atoms with Crippen LogP contribution in [-0.2, 0) is 9.59 Å². The van der Waals surface area contributed by atoms with Crippen LogP contribution in [0.4, 0.5) is 11.4 Å². The number of benzene rings is 2. The Kier molecular flexibility index (Phi) is 6.19. The van der Waals surface area contributed by atoms with Gasteiger partial charge in [-0.2, -0.15) is 0 Å². The third kappa shape index (κ3) is 4.92. The van der Waals surface area contributed by atoms with Gasteiger partial charge >= 0.3 is 0 Å². The Balaban J connectivity index is 1.72. The fraction of sp³-hybridized carbons (Fsp3) is 0.300. The number of anilines is 2. The molecule has 0 saturated heterocycles. The topological polar surface area (TPSA) is 70.7 Å². The van der Waals surface area contributed by atoms with Crippen LogP contribution in [0.25, 0.3) is 0 Å². The number of nitrogens with one attached hydrogen (secondary N) is 2. The van der Waals surface area contributed by atoms with E-state index in [2.05, 4.69) is 10.6 Å². The summed E-state index contributed by atoms with van der Waals surface area (Å²) in [6.45, 7) is 2.99. The molecular weight excluding hydrogens is 366 g/mol. The molecule has 3 rings (SSSR count). The Morgan fingerprint density at radius 3 is 2.81 bits per heavy atom. The number of fused-ring (bicyclic) bond motifs is 1. The Hall–Kier alpha value is -2.73. The van der Waals surface area contributed by atoms with Crippen LogP contribution in [-0.4, -0.2) is 37.6 Å². The normalized spacial score (nSPS) is 15.5. The van der Waals surface area contributed by atoms with Crippen LogP contribution >= 0.6 is 11.6 Å². The van der Waals surface area contributed by atoms with Crippen LogP contribution in [0.3, 0.4) is 0 Å². The first-order valence-electron chi connectivity index (χ1n) is 8.90. The number of ether oxygens (including phenoxy) is 1. The quantitative estimate of drug-likeness (QED) is 0.799. The fourth-order valence-corrected chi connectivity index (χ4v) is 3.09. The van der Waals surface area contributed by atoms with Gasteiger partial charge in [-0.25, -0.2) is 0 Å². The number of hydrogen-bond acceptors (Lipinski definition) is 4. The second-order valence-electron chi connectivity index (χ2n) is 6.30. The minimum Gasteiger partial charge on any atom is -0.477 e. The highest BCUT2D eigenvalue weighted by atomic mass is 35.5. The van der Waals surface area contributed by atoms with Crippen molar-refractivity contribution < 1.29 is 14.3 Å². The van der Waals surface area contributed by atoms with Crippen molar-refractivity contribution in [2.75, 3.05) is 29.9 Å². The molecule has 2 N–H and O–H groups in total. The van der Waals surface area contributed by atoms with E-state index in [1.54, 1.807) is 30.3 Å². The summed E-state index contributed by atoms with van der Waals surface area (Å²) < 4.78 is 5.83. The molecule has 0 aliphatic carbocycles. The lowest BCUT2D eigenvalue weighted by molar-refractivity contribution is -0.128. The summed E-state index contributed by atoms with van der Waals surface area (Å²) in [4.78, 5) is 26.7. The molecule has 0 aromatic heterocycles. The number of rotatable bonds is 6. The molecule has 1 aliphatic rings. The van der Waals surface area contributed by atoms with Gasteiger partial charge in [-0.1, -0.05) is 36.7 Å². The molecule has 27 heavy (non-hydrogen) atoms. The van der Waals surface area contributed by atoms with Gasteiger partial charge in [0.05, 0.1) is 18.8 Å². The number of nitrogens with zero attached hydrogens (tertiary/aromatic N) is 1. The molecule has 0 fully saturated rings. The van der Waals surface area contributed by atoms with Gasteiger partial charge in [0.2, 0.25) is 5.91 Å². The second kappa shape index (κ2) is 8.77. The number of amides is 2. The predicted molar refractivity (Wildman–Crippen MR) is 106 cm³/mol. The number of hydrogen-bond donors (Lipinski definition) is 2. The molecule has 0 bridgehead atoms. The molecule has 0 saturated carbocycles. The molecule has 2 aromatic rings. The van der Waals surface area contributed by atoms with Crippen molar-refractivity contribution in [1.82, 2.24) is 5.32 Å². The zero-order valence-electron chi connectivity index (χ0n) is 15.1. The van der Waals surface area contributed by atoms with Crippen molar-refractivity contribution in [3.8, 4) is 5.75 Å². The lowest BCUT2D eigenvalue weighted by Gasteiger charge is -2.35. The minimum atomic E-state index is -0.662. The number of para-hydroxylation sites is 2. The molecule has 142 valence electrons. The highest BCUT2D eigenvalue weighted by molar-refractivity contribution is 6.30. The van der Waals surface area contributed by atoms with Crippen LogP contribution in [0, 0.1) is 0 Å². The molecule has 0 radical (unpaired) electrons. The standard InChI is InChI=1S/C20H22ClN3O3/c1-2-10-22-20(26)18-12-24(16-8-3-4-9-17(16)27-18)13-19(25)23-15-7-5-6-14(21)11-15/h3-9,11,18H,2,10,12-13H2,1H3,(H,22,26)(H,23,25). The average Bonchev–Trinajstić information content (AvgIpc) is 2.66. The highest BCUT2D eigenvalue weighted by Crippen LogP contribution is 2.33. The van der Waals surface area contributed by atoms with Crippen molar-refractivity contribution in [3.05, 3.63) is 53.6 Å². The van der Waals surface area contributed by atoms with Crippen LogP contribution in [0.15, 0.2) is 48.5 Å². The summed E-state index contributed by atoms with van der Waals surface area (Å²) in [5, 5.41) is 6.23. The van der Waals surface area contributed by atoms with E-state index in [9.17, 15) is 9.59 Å². The summed E-state index contributed by atoms with van der Waals surface area (Å²) in [6.07, 6.45) is 0.186. The summed E-state index contributed by atoms with van der Waals surface area (Å²) >= 11 is 5.96. The molecule has 7 heteroatoms. The molecule has 2 aromatic carbocycles. The molecule has 1 unspecified atom stereocenters. The third-order valence-corrected chi connectivity index (χ3v) is 4.38. The van der Waals surface area contributed by atoms with Gasteiger partial charge in [0, 0.05) is 17.3 Å². The van der Waals surface area contributed by atoms with Crippen molar-refractivity contribution in [3.63, 3.8) is 0 Å². The van der Waals surface area contributed by atoms with Gasteiger partial charge in [0.15, 0.2) is 6.10 Å². The first kappa shape index (κ1) is 19.0. The second-order valence-corrected chi connectivity index (χ2v) is 6.74. The van der Waals surface area contributed by atoms with E-state index < -0.39 is 6.10 Å². The number of halogens is 1. The summed E-state index contributed by atoms with van der Waals surface area (Å²) in [5.74, 6) is 0.226. The van der Waals surface area contributed by atoms with E-state index in [1.807, 2.05) is 30.0 Å². The Morgan fingerprint density at radius 2 is 2.04 bits per heavy atom. The third-order valence-electron chi connectivity index (χ3n) is 4.15. The first-order chi connectivity index (χ1) is 13.1. The molecule has 0 spiro atoms. The van der Waals surface area contributed by atoms with E-state index >= 15 is 0 Å². The molecule has 6 nitrogen and oxygen atoms in total. The molecule has 1 aliphatic heterocycles.